The van der Waals surface area contributed by atoms with Gasteiger partial charge in [0.1, 0.15) is 0 Å². The smallest absolute Gasteiger partial charge is 0.657 e. The van der Waals surface area contributed by atoms with E-state index in [1.807, 2.05) is 0 Å². The number of rotatable bonds is 10. The average molecular weight is 693 g/mol. The van der Waals surface area contributed by atoms with Crippen molar-refractivity contribution in [2.24, 2.45) is 0 Å². The minimum atomic E-state index is 0. The van der Waals surface area contributed by atoms with Crippen LogP contribution in [0.3, 0.4) is 0 Å². The van der Waals surface area contributed by atoms with Crippen LogP contribution in [0.2, 0.25) is 0 Å². The third-order valence-corrected chi connectivity index (χ3v) is 8.88. The van der Waals surface area contributed by atoms with Crippen LogP contribution in [0.4, 0.5) is 0 Å². The summed E-state index contributed by atoms with van der Waals surface area (Å²) in [5.41, 5.74) is 9.97. The van der Waals surface area contributed by atoms with E-state index in [2.05, 4.69) is 94.3 Å². The Labute approximate surface area is 258 Å². The third-order valence-electron chi connectivity index (χ3n) is 7.26. The maximum atomic E-state index is 5.05. The second-order valence-corrected chi connectivity index (χ2v) is 11.7. The molecule has 3 aromatic rings. The molecule has 0 fully saturated rings. The number of hydrogen-bond acceptors (Lipinski definition) is 2. The van der Waals surface area contributed by atoms with Crippen molar-refractivity contribution >= 4 is 78.2 Å². The van der Waals surface area contributed by atoms with Gasteiger partial charge >= 0.3 is 16.5 Å². The van der Waals surface area contributed by atoms with Crippen molar-refractivity contribution < 1.29 is 16.5 Å². The van der Waals surface area contributed by atoms with Crippen LogP contribution in [0, 0.1) is 0 Å². The molecule has 8 bridgehead atoms. The Morgan fingerprint density at radius 3 is 1.41 bits per heavy atom. The van der Waals surface area contributed by atoms with Crippen LogP contribution in [0.15, 0.2) is 33.2 Å². The van der Waals surface area contributed by atoms with Crippen LogP contribution in [0.25, 0.3) is 46.4 Å². The molecule has 0 radical (unpaired) electrons. The van der Waals surface area contributed by atoms with Gasteiger partial charge in [0.05, 0.1) is 22.8 Å². The summed E-state index contributed by atoms with van der Waals surface area (Å²) in [5, 5.41) is 0. The summed E-state index contributed by atoms with van der Waals surface area (Å²) in [5.74, 6) is 0. The van der Waals surface area contributed by atoms with Gasteiger partial charge in [-0.05, 0) is 81.8 Å². The summed E-state index contributed by atoms with van der Waals surface area (Å²) in [6, 6.07) is 8.42. The molecule has 3 aromatic heterocycles. The Balaban J connectivity index is 0.00000353. The quantitative estimate of drug-likeness (QED) is 0.108. The first kappa shape index (κ1) is 30.0. The van der Waals surface area contributed by atoms with Crippen molar-refractivity contribution in [3.63, 3.8) is 0 Å². The molecule has 0 aliphatic carbocycles. The summed E-state index contributed by atoms with van der Waals surface area (Å²) < 4.78 is 1.84. The standard InChI is InChI=1S/C32H34Br2N4.Ni/c1-3-5-7-9-11-21-23-13-17-27(35-23)31(33)29-19-15-25(37-29)22(12-10-8-6-4-2)26-16-20-30(38-26)32(34)28-18-14-24(21)36-28;/h13-20H,3-12H2,1-2H3;/q-2;+2. The van der Waals surface area contributed by atoms with Gasteiger partial charge in [-0.1, -0.05) is 82.2 Å². The van der Waals surface area contributed by atoms with Crippen molar-refractivity contribution in [1.82, 2.24) is 19.9 Å². The second-order valence-electron chi connectivity index (χ2n) is 10.1. The summed E-state index contributed by atoms with van der Waals surface area (Å²) in [7, 11) is 0. The van der Waals surface area contributed by atoms with Crippen LogP contribution in [-0.2, 0) is 29.3 Å². The van der Waals surface area contributed by atoms with Crippen molar-refractivity contribution in [2.75, 3.05) is 0 Å². The Bertz CT molecular complexity index is 1430. The van der Waals surface area contributed by atoms with Crippen LogP contribution in [-0.4, -0.2) is 9.97 Å². The second kappa shape index (κ2) is 14.1. The molecule has 0 unspecified atom stereocenters. The van der Waals surface area contributed by atoms with Gasteiger partial charge in [-0.25, -0.2) is 9.97 Å². The molecule has 0 atom stereocenters. The van der Waals surface area contributed by atoms with E-state index in [0.29, 0.717) is 0 Å². The number of fused-ring (bicyclic) bond motifs is 8. The van der Waals surface area contributed by atoms with Crippen LogP contribution < -0.4 is 9.97 Å². The molecular weight excluding hydrogens is 659 g/mol. The molecule has 5 heterocycles. The van der Waals surface area contributed by atoms with E-state index in [1.54, 1.807) is 0 Å². The molecule has 2 aliphatic rings. The first-order valence-corrected chi connectivity index (χ1v) is 15.5. The molecule has 4 nitrogen and oxygen atoms in total. The topological polar surface area (TPSA) is 54.0 Å². The third kappa shape index (κ3) is 6.86. The number of nitrogens with zero attached hydrogens (tertiary/aromatic N) is 4. The number of aryl methyl sites for hydroxylation is 1. The Morgan fingerprint density at radius 2 is 0.949 bits per heavy atom. The van der Waals surface area contributed by atoms with Gasteiger partial charge in [-0.15, -0.1) is 22.1 Å². The maximum absolute atomic E-state index is 5.05. The summed E-state index contributed by atoms with van der Waals surface area (Å²) in [4.78, 5) is 20.2. The van der Waals surface area contributed by atoms with Crippen molar-refractivity contribution in [2.45, 2.75) is 78.1 Å². The Morgan fingerprint density at radius 1 is 0.538 bits per heavy atom. The fraction of sp³-hybridized carbons (Fsp3) is 0.375. The normalized spacial score (nSPS) is 12.2. The zero-order chi connectivity index (χ0) is 26.5. The van der Waals surface area contributed by atoms with Gasteiger partial charge < -0.3 is 9.97 Å². The van der Waals surface area contributed by atoms with E-state index in [-0.39, 0.29) is 16.5 Å². The van der Waals surface area contributed by atoms with Gasteiger partial charge in [-0.2, -0.15) is 0 Å². The largest absolute Gasteiger partial charge is 2.00 e. The monoisotopic (exact) mass is 690 g/mol. The van der Waals surface area contributed by atoms with Crippen LogP contribution in [0.5, 0.6) is 0 Å². The molecular formula is C32H34Br2N4Ni. The average Bonchev–Trinajstić information content (AvgIpc) is 3.74. The maximum Gasteiger partial charge on any atom is 2.00 e. The van der Waals surface area contributed by atoms with Crippen molar-refractivity contribution in [3.8, 4) is 0 Å². The molecule has 0 amide bonds. The molecule has 0 saturated heterocycles. The number of aromatic nitrogens is 4. The first-order valence-electron chi connectivity index (χ1n) is 13.9. The van der Waals surface area contributed by atoms with Gasteiger partial charge in [-0.3, -0.25) is 0 Å². The Kier molecular flexibility index (Phi) is 10.9. The van der Waals surface area contributed by atoms with E-state index >= 15 is 0 Å². The Hall–Kier alpha value is -1.95. The SMILES string of the molecule is CCCCCCc1c2nc(c(Br)c3ccc([n-]3)c(CCCCCC)c3ccc([n-]3)c(Br)c3nc1C=C3)C=C2.[Ni+2]. The van der Waals surface area contributed by atoms with Crippen molar-refractivity contribution in [3.05, 3.63) is 67.1 Å². The summed E-state index contributed by atoms with van der Waals surface area (Å²) >= 11 is 7.65. The number of hydrogen-bond donors (Lipinski definition) is 0. The van der Waals surface area contributed by atoms with Crippen molar-refractivity contribution in [1.29, 1.82) is 0 Å². The zero-order valence-electron chi connectivity index (χ0n) is 22.6. The first-order chi connectivity index (χ1) is 18.6. The van der Waals surface area contributed by atoms with E-state index in [1.165, 1.54) is 49.7 Å². The molecule has 0 spiro atoms. The fourth-order valence-corrected chi connectivity index (χ4v) is 5.99. The molecule has 0 aromatic carbocycles. The predicted octanol–water partition coefficient (Wildman–Crippen LogP) is 9.68. The van der Waals surface area contributed by atoms with Gasteiger partial charge in [0.2, 0.25) is 0 Å². The van der Waals surface area contributed by atoms with E-state index in [0.717, 1.165) is 79.5 Å². The minimum Gasteiger partial charge on any atom is -0.657 e. The number of unbranched alkanes of at least 4 members (excludes halogenated alkanes) is 6. The number of halogens is 2. The molecule has 7 heteroatoms. The van der Waals surface area contributed by atoms with Gasteiger partial charge in [0.25, 0.3) is 0 Å². The summed E-state index contributed by atoms with van der Waals surface area (Å²) in [6.45, 7) is 4.49. The fourth-order valence-electron chi connectivity index (χ4n) is 5.10. The molecule has 0 N–H and O–H groups in total. The van der Waals surface area contributed by atoms with Gasteiger partial charge in [0.15, 0.2) is 0 Å². The van der Waals surface area contributed by atoms with Gasteiger partial charge in [0, 0.05) is 14.5 Å². The van der Waals surface area contributed by atoms with Crippen LogP contribution in [0.1, 0.15) is 99.1 Å². The molecule has 0 saturated carbocycles. The zero-order valence-corrected chi connectivity index (χ0v) is 26.7. The van der Waals surface area contributed by atoms with Crippen LogP contribution >= 0.6 is 31.9 Å². The van der Waals surface area contributed by atoms with E-state index < -0.39 is 0 Å². The summed E-state index contributed by atoms with van der Waals surface area (Å²) in [6.07, 6.45) is 19.9. The molecule has 5 rings (SSSR count). The molecule has 39 heavy (non-hydrogen) atoms. The van der Waals surface area contributed by atoms with E-state index in [9.17, 15) is 0 Å². The van der Waals surface area contributed by atoms with E-state index in [4.69, 9.17) is 19.9 Å². The molecule has 206 valence electrons. The minimum absolute atomic E-state index is 0. The predicted molar refractivity (Wildman–Crippen MR) is 168 cm³/mol. The molecule has 2 aliphatic heterocycles.